The topological polar surface area (TPSA) is 75.6 Å². The van der Waals surface area contributed by atoms with Gasteiger partial charge >= 0.3 is 5.97 Å². The number of carboxylic acids is 1. The lowest BCUT2D eigenvalue weighted by molar-refractivity contribution is -0.154. The van der Waals surface area contributed by atoms with Crippen molar-refractivity contribution in [1.82, 2.24) is 5.32 Å². The summed E-state index contributed by atoms with van der Waals surface area (Å²) in [6.07, 6.45) is 3.49. The van der Waals surface area contributed by atoms with Crippen molar-refractivity contribution in [2.24, 2.45) is 11.3 Å². The molecule has 1 amide bonds. The minimum Gasteiger partial charge on any atom is -0.481 e. The summed E-state index contributed by atoms with van der Waals surface area (Å²) in [5, 5.41) is 12.3. The molecule has 0 spiro atoms. The van der Waals surface area contributed by atoms with Crippen molar-refractivity contribution in [2.75, 3.05) is 19.8 Å². The van der Waals surface area contributed by atoms with Gasteiger partial charge in [0.1, 0.15) is 0 Å². The highest BCUT2D eigenvalue weighted by atomic mass is 16.5. The largest absolute Gasteiger partial charge is 0.481 e. The van der Waals surface area contributed by atoms with E-state index in [2.05, 4.69) is 29.6 Å². The van der Waals surface area contributed by atoms with E-state index in [1.807, 2.05) is 6.07 Å². The van der Waals surface area contributed by atoms with Crippen molar-refractivity contribution < 1.29 is 19.4 Å². The lowest BCUT2D eigenvalue weighted by Gasteiger charge is -2.36. The smallest absolute Gasteiger partial charge is 0.311 e. The SMILES string of the molecule is O=C(CC1CC(c2ccccc2)C1)NCC1(C(=O)O)CCOCC1. The molecule has 130 valence electrons. The highest BCUT2D eigenvalue weighted by Gasteiger charge is 2.40. The van der Waals surface area contributed by atoms with Crippen LogP contribution in [0, 0.1) is 11.3 Å². The van der Waals surface area contributed by atoms with Crippen molar-refractivity contribution in [1.29, 1.82) is 0 Å². The Morgan fingerprint density at radius 3 is 2.46 bits per heavy atom. The molecule has 1 aliphatic heterocycles. The molecular formula is C19H25NO4. The fraction of sp³-hybridized carbons (Fsp3) is 0.579. The number of carboxylic acid groups (broad SMARTS) is 1. The van der Waals surface area contributed by atoms with Gasteiger partial charge < -0.3 is 15.2 Å². The summed E-state index contributed by atoms with van der Waals surface area (Å²) in [6, 6.07) is 10.4. The third-order valence-electron chi connectivity index (χ3n) is 5.51. The molecule has 2 N–H and O–H groups in total. The number of carbonyl (C=O) groups is 2. The van der Waals surface area contributed by atoms with E-state index in [1.54, 1.807) is 0 Å². The molecule has 2 aliphatic rings. The van der Waals surface area contributed by atoms with Crippen LogP contribution in [0.25, 0.3) is 0 Å². The number of nitrogens with one attached hydrogen (secondary N) is 1. The zero-order valence-corrected chi connectivity index (χ0v) is 13.9. The zero-order chi connectivity index (χ0) is 17.0. The minimum absolute atomic E-state index is 0.0290. The molecule has 1 aromatic carbocycles. The predicted octanol–water partition coefficient (Wildman–Crippen LogP) is 2.57. The van der Waals surface area contributed by atoms with Gasteiger partial charge in [-0.2, -0.15) is 0 Å². The molecule has 24 heavy (non-hydrogen) atoms. The van der Waals surface area contributed by atoms with E-state index in [-0.39, 0.29) is 12.5 Å². The number of rotatable bonds is 6. The maximum atomic E-state index is 12.2. The summed E-state index contributed by atoms with van der Waals surface area (Å²) in [6.45, 7) is 1.10. The maximum absolute atomic E-state index is 12.2. The zero-order valence-electron chi connectivity index (χ0n) is 13.9. The van der Waals surface area contributed by atoms with Gasteiger partial charge in [0, 0.05) is 26.2 Å². The first-order chi connectivity index (χ1) is 11.6. The van der Waals surface area contributed by atoms with Crippen LogP contribution in [0.2, 0.25) is 0 Å². The van der Waals surface area contributed by atoms with E-state index in [4.69, 9.17) is 4.74 Å². The lowest BCUT2D eigenvalue weighted by Crippen LogP contribution is -2.47. The Labute approximate surface area is 142 Å². The van der Waals surface area contributed by atoms with Crippen LogP contribution in [-0.2, 0) is 14.3 Å². The Kier molecular flexibility index (Phi) is 5.19. The lowest BCUT2D eigenvalue weighted by atomic mass is 9.70. The molecule has 5 nitrogen and oxygen atoms in total. The van der Waals surface area contributed by atoms with Crippen molar-refractivity contribution in [3.05, 3.63) is 35.9 Å². The summed E-state index contributed by atoms with van der Waals surface area (Å²) < 4.78 is 5.25. The summed E-state index contributed by atoms with van der Waals surface area (Å²) in [7, 11) is 0. The molecular weight excluding hydrogens is 306 g/mol. The van der Waals surface area contributed by atoms with Crippen molar-refractivity contribution in [2.45, 2.75) is 38.0 Å². The fourth-order valence-electron chi connectivity index (χ4n) is 3.73. The van der Waals surface area contributed by atoms with Gasteiger partial charge in [0.25, 0.3) is 0 Å². The molecule has 1 saturated carbocycles. The van der Waals surface area contributed by atoms with Crippen LogP contribution in [0.5, 0.6) is 0 Å². The average Bonchev–Trinajstić information content (AvgIpc) is 2.57. The number of hydrogen-bond acceptors (Lipinski definition) is 3. The molecule has 5 heteroatoms. The maximum Gasteiger partial charge on any atom is 0.311 e. The van der Waals surface area contributed by atoms with Gasteiger partial charge in [0.2, 0.25) is 5.91 Å². The van der Waals surface area contributed by atoms with Gasteiger partial charge in [-0.3, -0.25) is 9.59 Å². The van der Waals surface area contributed by atoms with Crippen molar-refractivity contribution >= 4 is 11.9 Å². The molecule has 0 aromatic heterocycles. The van der Waals surface area contributed by atoms with E-state index < -0.39 is 11.4 Å². The Morgan fingerprint density at radius 1 is 1.17 bits per heavy atom. The molecule has 2 fully saturated rings. The van der Waals surface area contributed by atoms with Crippen LogP contribution in [0.1, 0.15) is 43.6 Å². The highest BCUT2D eigenvalue weighted by molar-refractivity contribution is 5.79. The number of amides is 1. The van der Waals surface area contributed by atoms with E-state index in [0.717, 1.165) is 12.8 Å². The van der Waals surface area contributed by atoms with Gasteiger partial charge in [0.05, 0.1) is 5.41 Å². The van der Waals surface area contributed by atoms with E-state index in [9.17, 15) is 14.7 Å². The molecule has 3 rings (SSSR count). The van der Waals surface area contributed by atoms with Crippen molar-refractivity contribution in [3.63, 3.8) is 0 Å². The van der Waals surface area contributed by atoms with E-state index in [0.29, 0.717) is 44.3 Å². The summed E-state index contributed by atoms with van der Waals surface area (Å²) >= 11 is 0. The summed E-state index contributed by atoms with van der Waals surface area (Å²) in [5.41, 5.74) is 0.487. The Bertz CT molecular complexity index is 574. The second-order valence-corrected chi connectivity index (χ2v) is 7.12. The molecule has 1 saturated heterocycles. The number of hydrogen-bond donors (Lipinski definition) is 2. The third-order valence-corrected chi connectivity index (χ3v) is 5.51. The van der Waals surface area contributed by atoms with Gasteiger partial charge in [-0.1, -0.05) is 30.3 Å². The van der Waals surface area contributed by atoms with Crippen LogP contribution in [-0.4, -0.2) is 36.7 Å². The molecule has 1 aromatic rings. The Balaban J connectivity index is 1.43. The first-order valence-corrected chi connectivity index (χ1v) is 8.72. The number of carbonyl (C=O) groups excluding carboxylic acids is 1. The van der Waals surface area contributed by atoms with Crippen LogP contribution in [0.15, 0.2) is 30.3 Å². The second kappa shape index (κ2) is 7.34. The molecule has 0 radical (unpaired) electrons. The molecule has 1 heterocycles. The molecule has 1 aliphatic carbocycles. The van der Waals surface area contributed by atoms with Crippen LogP contribution >= 0.6 is 0 Å². The van der Waals surface area contributed by atoms with Gasteiger partial charge in [-0.05, 0) is 43.1 Å². The van der Waals surface area contributed by atoms with Crippen LogP contribution in [0.4, 0.5) is 0 Å². The second-order valence-electron chi connectivity index (χ2n) is 7.12. The first kappa shape index (κ1) is 17.0. The summed E-state index contributed by atoms with van der Waals surface area (Å²) in [5.74, 6) is 0.105. The number of benzene rings is 1. The van der Waals surface area contributed by atoms with E-state index in [1.165, 1.54) is 5.56 Å². The standard InChI is InChI=1S/C19H25NO4/c21-17(20-13-19(18(22)23)6-8-24-9-7-19)12-14-10-16(11-14)15-4-2-1-3-5-15/h1-5,14,16H,6-13H2,(H,20,21)(H,22,23). The Morgan fingerprint density at radius 2 is 1.83 bits per heavy atom. The van der Waals surface area contributed by atoms with Crippen LogP contribution < -0.4 is 5.32 Å². The van der Waals surface area contributed by atoms with Crippen molar-refractivity contribution in [3.8, 4) is 0 Å². The molecule has 0 atom stereocenters. The monoisotopic (exact) mass is 331 g/mol. The normalized spacial score (nSPS) is 25.5. The quantitative estimate of drug-likeness (QED) is 0.840. The molecule has 0 bridgehead atoms. The highest BCUT2D eigenvalue weighted by Crippen LogP contribution is 2.43. The van der Waals surface area contributed by atoms with Gasteiger partial charge in [-0.25, -0.2) is 0 Å². The van der Waals surface area contributed by atoms with Crippen LogP contribution in [0.3, 0.4) is 0 Å². The fourth-order valence-corrected chi connectivity index (χ4v) is 3.73. The minimum atomic E-state index is -0.861. The average molecular weight is 331 g/mol. The summed E-state index contributed by atoms with van der Waals surface area (Å²) in [4.78, 5) is 23.7. The Hall–Kier alpha value is -1.88. The number of ether oxygens (including phenoxy) is 1. The predicted molar refractivity (Wildman–Crippen MR) is 89.7 cm³/mol. The van der Waals surface area contributed by atoms with Gasteiger partial charge in [-0.15, -0.1) is 0 Å². The number of aliphatic carboxylic acids is 1. The van der Waals surface area contributed by atoms with E-state index >= 15 is 0 Å². The first-order valence-electron chi connectivity index (χ1n) is 8.72. The molecule has 0 unspecified atom stereocenters. The van der Waals surface area contributed by atoms with Gasteiger partial charge in [0.15, 0.2) is 0 Å². The third kappa shape index (κ3) is 3.78.